The van der Waals surface area contributed by atoms with Gasteiger partial charge in [-0.2, -0.15) is 0 Å². The Kier molecular flexibility index (Phi) is 4.48. The molecule has 4 heteroatoms. The van der Waals surface area contributed by atoms with Crippen molar-refractivity contribution in [3.8, 4) is 0 Å². The van der Waals surface area contributed by atoms with Crippen LogP contribution >= 0.6 is 38.9 Å². The zero-order chi connectivity index (χ0) is 12.3. The van der Waals surface area contributed by atoms with E-state index in [4.69, 9.17) is 11.6 Å². The van der Waals surface area contributed by atoms with Gasteiger partial charge in [-0.3, -0.25) is 0 Å². The van der Waals surface area contributed by atoms with Crippen molar-refractivity contribution >= 4 is 44.6 Å². The van der Waals surface area contributed by atoms with Gasteiger partial charge in [0.2, 0.25) is 0 Å². The number of hydrogen-bond acceptors (Lipinski definition) is 2. The highest BCUT2D eigenvalue weighted by Crippen LogP contribution is 2.26. The van der Waals surface area contributed by atoms with E-state index >= 15 is 0 Å². The molecule has 1 nitrogen and oxygen atoms in total. The van der Waals surface area contributed by atoms with Crippen LogP contribution in [0.25, 0.3) is 0 Å². The zero-order valence-corrected chi connectivity index (χ0v) is 12.6. The number of thiophene rings is 1. The maximum Gasteiger partial charge on any atom is 0.0931 e. The second-order valence-electron chi connectivity index (χ2n) is 3.82. The smallest absolute Gasteiger partial charge is 0.0931 e. The summed E-state index contributed by atoms with van der Waals surface area (Å²) in [5, 5.41) is 0.874. The maximum atomic E-state index is 5.94. The van der Waals surface area contributed by atoms with Crippen LogP contribution in [0.1, 0.15) is 10.4 Å². The number of hydrogen-bond donors (Lipinski definition) is 0. The van der Waals surface area contributed by atoms with Gasteiger partial charge in [-0.05, 0) is 23.8 Å². The molecule has 0 saturated carbocycles. The summed E-state index contributed by atoms with van der Waals surface area (Å²) in [5.41, 5.74) is 2.56. The minimum absolute atomic E-state index is 0.849. The van der Waals surface area contributed by atoms with Crippen LogP contribution in [0.5, 0.6) is 0 Å². The van der Waals surface area contributed by atoms with Crippen molar-refractivity contribution in [3.63, 3.8) is 0 Å². The van der Waals surface area contributed by atoms with Crippen LogP contribution < -0.4 is 4.90 Å². The quantitative estimate of drug-likeness (QED) is 0.718. The van der Waals surface area contributed by atoms with E-state index < -0.39 is 0 Å². The second kappa shape index (κ2) is 5.89. The van der Waals surface area contributed by atoms with Crippen molar-refractivity contribution in [3.05, 3.63) is 51.2 Å². The van der Waals surface area contributed by atoms with Crippen LogP contribution in [-0.4, -0.2) is 7.05 Å². The number of halogens is 2. The van der Waals surface area contributed by atoms with E-state index in [9.17, 15) is 0 Å². The van der Waals surface area contributed by atoms with Crippen LogP contribution in [0.4, 0.5) is 5.69 Å². The maximum absolute atomic E-state index is 5.94. The summed E-state index contributed by atoms with van der Waals surface area (Å²) in [6, 6.07) is 12.5. The topological polar surface area (TPSA) is 3.24 Å². The largest absolute Gasteiger partial charge is 0.369 e. The highest BCUT2D eigenvalue weighted by atomic mass is 79.9. The number of benzene rings is 1. The third-order valence-corrected chi connectivity index (χ3v) is 4.39. The van der Waals surface area contributed by atoms with Crippen LogP contribution in [0.2, 0.25) is 4.34 Å². The molecule has 0 amide bonds. The van der Waals surface area contributed by atoms with E-state index in [1.807, 2.05) is 6.07 Å². The Morgan fingerprint density at radius 3 is 2.65 bits per heavy atom. The summed E-state index contributed by atoms with van der Waals surface area (Å²) < 4.78 is 0.849. The molecule has 1 heterocycles. The van der Waals surface area contributed by atoms with Gasteiger partial charge in [-0.1, -0.05) is 45.7 Å². The normalized spacial score (nSPS) is 10.5. The average molecular weight is 331 g/mol. The molecule has 0 aliphatic rings. The van der Waals surface area contributed by atoms with Gasteiger partial charge in [0.25, 0.3) is 0 Å². The van der Waals surface area contributed by atoms with Crippen molar-refractivity contribution in [2.45, 2.75) is 11.9 Å². The fourth-order valence-corrected chi connectivity index (χ4v) is 3.37. The SMILES string of the molecule is CN(Cc1ccc(Cl)s1)c1ccccc1CBr. The zero-order valence-electron chi connectivity index (χ0n) is 9.49. The molecule has 0 bridgehead atoms. The highest BCUT2D eigenvalue weighted by molar-refractivity contribution is 9.08. The number of rotatable bonds is 4. The first kappa shape index (κ1) is 12.9. The molecule has 0 radical (unpaired) electrons. The first-order chi connectivity index (χ1) is 8.20. The molecule has 0 N–H and O–H groups in total. The van der Waals surface area contributed by atoms with Crippen molar-refractivity contribution in [1.82, 2.24) is 0 Å². The second-order valence-corrected chi connectivity index (χ2v) is 6.18. The first-order valence-corrected chi connectivity index (χ1v) is 7.61. The predicted octanol–water partition coefficient (Wildman–Crippen LogP) is 4.93. The minimum atomic E-state index is 0.849. The summed E-state index contributed by atoms with van der Waals surface area (Å²) in [6.45, 7) is 0.890. The first-order valence-electron chi connectivity index (χ1n) is 5.30. The Morgan fingerprint density at radius 2 is 2.00 bits per heavy atom. The fourth-order valence-electron chi connectivity index (χ4n) is 1.75. The number of alkyl halides is 1. The molecule has 2 aromatic rings. The summed E-state index contributed by atoms with van der Waals surface area (Å²) in [7, 11) is 2.11. The van der Waals surface area contributed by atoms with E-state index in [0.717, 1.165) is 16.2 Å². The van der Waals surface area contributed by atoms with E-state index in [1.165, 1.54) is 16.1 Å². The lowest BCUT2D eigenvalue weighted by Crippen LogP contribution is -2.16. The average Bonchev–Trinajstić information content (AvgIpc) is 2.74. The van der Waals surface area contributed by atoms with E-state index in [-0.39, 0.29) is 0 Å². The summed E-state index contributed by atoms with van der Waals surface area (Å²) in [5.74, 6) is 0. The van der Waals surface area contributed by atoms with Gasteiger partial charge in [0.15, 0.2) is 0 Å². The lowest BCUT2D eigenvalue weighted by Gasteiger charge is -2.21. The van der Waals surface area contributed by atoms with Crippen LogP contribution in [-0.2, 0) is 11.9 Å². The van der Waals surface area contributed by atoms with Crippen molar-refractivity contribution in [2.24, 2.45) is 0 Å². The molecule has 0 aliphatic heterocycles. The molecule has 0 unspecified atom stereocenters. The van der Waals surface area contributed by atoms with Crippen LogP contribution in [0.15, 0.2) is 36.4 Å². The molecule has 90 valence electrons. The fraction of sp³-hybridized carbons (Fsp3) is 0.231. The van der Waals surface area contributed by atoms with Gasteiger partial charge >= 0.3 is 0 Å². The van der Waals surface area contributed by atoms with Crippen LogP contribution in [0, 0.1) is 0 Å². The van der Waals surface area contributed by atoms with Crippen molar-refractivity contribution in [1.29, 1.82) is 0 Å². The van der Waals surface area contributed by atoms with Gasteiger partial charge in [-0.25, -0.2) is 0 Å². The molecule has 0 aliphatic carbocycles. The lowest BCUT2D eigenvalue weighted by molar-refractivity contribution is 0.933. The lowest BCUT2D eigenvalue weighted by atomic mass is 10.2. The Labute approximate surface area is 119 Å². The Bertz CT molecular complexity index is 498. The molecule has 2 rings (SSSR count). The van der Waals surface area contributed by atoms with Crippen molar-refractivity contribution < 1.29 is 0 Å². The molecule has 0 saturated heterocycles. The molecule has 1 aromatic heterocycles. The van der Waals surface area contributed by atoms with Gasteiger partial charge in [0, 0.05) is 22.9 Å². The van der Waals surface area contributed by atoms with Gasteiger partial charge in [0.05, 0.1) is 10.9 Å². The molecule has 0 spiro atoms. The predicted molar refractivity (Wildman–Crippen MR) is 80.5 cm³/mol. The van der Waals surface area contributed by atoms with E-state index in [1.54, 1.807) is 11.3 Å². The van der Waals surface area contributed by atoms with E-state index in [0.29, 0.717) is 0 Å². The number of nitrogens with zero attached hydrogens (tertiary/aromatic N) is 1. The molecule has 17 heavy (non-hydrogen) atoms. The highest BCUT2D eigenvalue weighted by Gasteiger charge is 2.07. The molecule has 0 fully saturated rings. The third-order valence-electron chi connectivity index (χ3n) is 2.57. The standard InChI is InChI=1S/C13H13BrClNS/c1-16(9-11-6-7-13(15)17-11)12-5-3-2-4-10(12)8-14/h2-7H,8-9H2,1H3. The molecular weight excluding hydrogens is 318 g/mol. The molecule has 0 atom stereocenters. The van der Waals surface area contributed by atoms with Crippen LogP contribution in [0.3, 0.4) is 0 Å². The number of para-hydroxylation sites is 1. The third kappa shape index (κ3) is 3.24. The summed E-state index contributed by atoms with van der Waals surface area (Å²) in [4.78, 5) is 3.53. The Morgan fingerprint density at radius 1 is 1.24 bits per heavy atom. The number of anilines is 1. The minimum Gasteiger partial charge on any atom is -0.369 e. The molecular formula is C13H13BrClNS. The summed E-state index contributed by atoms with van der Waals surface area (Å²) in [6.07, 6.45) is 0. The van der Waals surface area contributed by atoms with Gasteiger partial charge in [-0.15, -0.1) is 11.3 Å². The van der Waals surface area contributed by atoms with Crippen molar-refractivity contribution in [2.75, 3.05) is 11.9 Å². The Hall–Kier alpha value is -0.510. The van der Waals surface area contributed by atoms with E-state index in [2.05, 4.69) is 58.2 Å². The van der Waals surface area contributed by atoms with Gasteiger partial charge < -0.3 is 4.90 Å². The monoisotopic (exact) mass is 329 g/mol. The Balaban J connectivity index is 2.16. The molecule has 1 aromatic carbocycles. The summed E-state index contributed by atoms with van der Waals surface area (Å²) >= 11 is 11.1. The van der Waals surface area contributed by atoms with Gasteiger partial charge in [0.1, 0.15) is 0 Å².